The van der Waals surface area contributed by atoms with Crippen LogP contribution in [0.5, 0.6) is 0 Å². The third kappa shape index (κ3) is 4.67. The highest BCUT2D eigenvalue weighted by molar-refractivity contribution is 7.88. The van der Waals surface area contributed by atoms with Gasteiger partial charge in [-0.15, -0.1) is 5.10 Å². The van der Waals surface area contributed by atoms with Crippen LogP contribution in [0.25, 0.3) is 0 Å². The normalized spacial score (nSPS) is 19.7. The number of nitrogens with two attached hydrogens (primary N) is 1. The van der Waals surface area contributed by atoms with Gasteiger partial charge in [0.25, 0.3) is 0 Å². The monoisotopic (exact) mass is 316 g/mol. The van der Waals surface area contributed by atoms with Gasteiger partial charge in [-0.3, -0.25) is 4.79 Å². The lowest BCUT2D eigenvalue weighted by molar-refractivity contribution is -0.135. The number of carbonyl (C=O) groups excluding carboxylic acids is 1. The van der Waals surface area contributed by atoms with Crippen molar-refractivity contribution >= 4 is 21.9 Å². The Morgan fingerprint density at radius 3 is 2.90 bits per heavy atom. The van der Waals surface area contributed by atoms with Crippen LogP contribution >= 0.6 is 0 Å². The maximum atomic E-state index is 12.3. The van der Waals surface area contributed by atoms with Crippen molar-refractivity contribution in [3.63, 3.8) is 0 Å². The first-order chi connectivity index (χ1) is 9.85. The molecule has 2 heterocycles. The first kappa shape index (κ1) is 15.7. The van der Waals surface area contributed by atoms with Gasteiger partial charge >= 0.3 is 0 Å². The molecule has 10 heteroatoms. The fourth-order valence-corrected chi connectivity index (χ4v) is 2.90. The molecule has 21 heavy (non-hydrogen) atoms. The molecular weight excluding hydrogens is 296 g/mol. The minimum atomic E-state index is -3.26. The predicted octanol–water partition coefficient (Wildman–Crippen LogP) is -1.21. The summed E-state index contributed by atoms with van der Waals surface area (Å²) in [7, 11) is -3.26. The van der Waals surface area contributed by atoms with Gasteiger partial charge in [0.1, 0.15) is 12.9 Å². The second-order valence-electron chi connectivity index (χ2n) is 5.16. The molecule has 1 fully saturated rings. The van der Waals surface area contributed by atoms with Crippen LogP contribution < -0.4 is 10.5 Å². The maximum absolute atomic E-state index is 12.3. The molecule has 0 aliphatic carbocycles. The summed E-state index contributed by atoms with van der Waals surface area (Å²) >= 11 is 0. The smallest absolute Gasteiger partial charge is 0.244 e. The minimum Gasteiger partial charge on any atom is -0.367 e. The Bertz CT molecular complexity index is 599. The Hall–Kier alpha value is -1.68. The van der Waals surface area contributed by atoms with Crippen molar-refractivity contribution in [2.75, 3.05) is 25.1 Å². The van der Waals surface area contributed by atoms with E-state index in [0.717, 1.165) is 25.5 Å². The third-order valence-corrected chi connectivity index (χ3v) is 4.07. The van der Waals surface area contributed by atoms with Crippen LogP contribution in [0, 0.1) is 0 Å². The molecule has 1 aliphatic rings. The number of rotatable bonds is 5. The largest absolute Gasteiger partial charge is 0.367 e. The van der Waals surface area contributed by atoms with Crippen LogP contribution in [-0.4, -0.2) is 59.4 Å². The van der Waals surface area contributed by atoms with Crippen molar-refractivity contribution in [1.82, 2.24) is 24.4 Å². The van der Waals surface area contributed by atoms with E-state index < -0.39 is 10.0 Å². The molecule has 118 valence electrons. The van der Waals surface area contributed by atoms with E-state index in [1.807, 2.05) is 0 Å². The van der Waals surface area contributed by atoms with Gasteiger partial charge in [-0.05, 0) is 19.3 Å². The zero-order valence-electron chi connectivity index (χ0n) is 11.9. The van der Waals surface area contributed by atoms with Crippen LogP contribution in [0.3, 0.4) is 0 Å². The van der Waals surface area contributed by atoms with Crippen LogP contribution in [0.1, 0.15) is 19.3 Å². The van der Waals surface area contributed by atoms with Crippen molar-refractivity contribution in [3.8, 4) is 0 Å². The summed E-state index contributed by atoms with van der Waals surface area (Å²) in [5.41, 5.74) is 5.41. The number of sulfonamides is 1. The number of aromatic nitrogens is 3. The molecule has 1 aliphatic heterocycles. The number of nitrogens with zero attached hydrogens (tertiary/aromatic N) is 4. The van der Waals surface area contributed by atoms with Crippen LogP contribution in [0.2, 0.25) is 0 Å². The standard InChI is InChI=1S/C11H20N6O3S/c1-21(19,20)14-6-9-4-2-3-5-17(9)10(18)7-16-8-13-11(12)15-16/h8-9,14H,2-7H2,1H3,(H2,12,15). The molecule has 0 spiro atoms. The predicted molar refractivity (Wildman–Crippen MR) is 76.6 cm³/mol. The van der Waals surface area contributed by atoms with Gasteiger partial charge in [-0.1, -0.05) is 0 Å². The van der Waals surface area contributed by atoms with Gasteiger partial charge in [0.15, 0.2) is 0 Å². The van der Waals surface area contributed by atoms with Gasteiger partial charge in [-0.25, -0.2) is 22.8 Å². The van der Waals surface area contributed by atoms with Gasteiger partial charge in [0.05, 0.1) is 6.26 Å². The van der Waals surface area contributed by atoms with Crippen molar-refractivity contribution in [2.24, 2.45) is 0 Å². The number of likely N-dealkylation sites (tertiary alicyclic amines) is 1. The van der Waals surface area contributed by atoms with Gasteiger partial charge < -0.3 is 10.6 Å². The third-order valence-electron chi connectivity index (χ3n) is 3.38. The highest BCUT2D eigenvalue weighted by Gasteiger charge is 2.27. The molecule has 0 saturated carbocycles. The summed E-state index contributed by atoms with van der Waals surface area (Å²) in [5, 5.41) is 3.88. The number of carbonyl (C=O) groups is 1. The summed E-state index contributed by atoms with van der Waals surface area (Å²) in [6.07, 6.45) is 5.20. The number of hydrogen-bond donors (Lipinski definition) is 2. The number of nitrogen functional groups attached to an aromatic ring is 1. The second-order valence-corrected chi connectivity index (χ2v) is 6.99. The molecular formula is C11H20N6O3S. The zero-order valence-corrected chi connectivity index (χ0v) is 12.7. The molecule has 0 radical (unpaired) electrons. The van der Waals surface area contributed by atoms with Crippen molar-refractivity contribution in [3.05, 3.63) is 6.33 Å². The number of nitrogens with one attached hydrogen (secondary N) is 1. The van der Waals surface area contributed by atoms with Crippen LogP contribution in [-0.2, 0) is 21.4 Å². The number of hydrogen-bond acceptors (Lipinski definition) is 6. The van der Waals surface area contributed by atoms with Gasteiger partial charge in [-0.2, -0.15) is 0 Å². The Labute approximate surface area is 123 Å². The van der Waals surface area contributed by atoms with Crippen molar-refractivity contribution < 1.29 is 13.2 Å². The molecule has 1 atom stereocenters. The molecule has 2 rings (SSSR count). The first-order valence-corrected chi connectivity index (χ1v) is 8.63. The average molecular weight is 316 g/mol. The lowest BCUT2D eigenvalue weighted by Gasteiger charge is -2.35. The molecule has 0 bridgehead atoms. The lowest BCUT2D eigenvalue weighted by Crippen LogP contribution is -2.50. The molecule has 1 aromatic heterocycles. The highest BCUT2D eigenvalue weighted by atomic mass is 32.2. The summed E-state index contributed by atoms with van der Waals surface area (Å²) in [6, 6.07) is -0.123. The van der Waals surface area contributed by atoms with Crippen molar-refractivity contribution in [2.45, 2.75) is 31.8 Å². The fourth-order valence-electron chi connectivity index (χ4n) is 2.40. The second kappa shape index (κ2) is 6.39. The SMILES string of the molecule is CS(=O)(=O)NCC1CCCCN1C(=O)Cn1cnc(N)n1. The molecule has 1 aromatic rings. The minimum absolute atomic E-state index is 0.0551. The van der Waals surface area contributed by atoms with E-state index in [0.29, 0.717) is 6.54 Å². The van der Waals surface area contributed by atoms with E-state index in [9.17, 15) is 13.2 Å². The Kier molecular flexibility index (Phi) is 4.78. The maximum Gasteiger partial charge on any atom is 0.244 e. The zero-order chi connectivity index (χ0) is 15.5. The average Bonchev–Trinajstić information content (AvgIpc) is 2.81. The molecule has 3 N–H and O–H groups in total. The summed E-state index contributed by atoms with van der Waals surface area (Å²) in [4.78, 5) is 17.8. The summed E-state index contributed by atoms with van der Waals surface area (Å²) in [5.74, 6) is 0.0108. The molecule has 1 saturated heterocycles. The lowest BCUT2D eigenvalue weighted by atomic mass is 10.0. The van der Waals surface area contributed by atoms with Crippen LogP contribution in [0.4, 0.5) is 5.95 Å². The quantitative estimate of drug-likeness (QED) is 0.702. The van der Waals surface area contributed by atoms with E-state index in [-0.39, 0.29) is 31.0 Å². The Balaban J connectivity index is 1.98. The molecule has 9 nitrogen and oxygen atoms in total. The Morgan fingerprint density at radius 1 is 1.52 bits per heavy atom. The number of amides is 1. The van der Waals surface area contributed by atoms with E-state index >= 15 is 0 Å². The highest BCUT2D eigenvalue weighted by Crippen LogP contribution is 2.17. The van der Waals surface area contributed by atoms with Crippen molar-refractivity contribution in [1.29, 1.82) is 0 Å². The molecule has 0 aromatic carbocycles. The fraction of sp³-hybridized carbons (Fsp3) is 0.727. The van der Waals surface area contributed by atoms with E-state index in [4.69, 9.17) is 5.73 Å². The van der Waals surface area contributed by atoms with Gasteiger partial charge in [0.2, 0.25) is 21.9 Å². The van der Waals surface area contributed by atoms with Gasteiger partial charge in [0, 0.05) is 19.1 Å². The molecule has 1 unspecified atom stereocenters. The van der Waals surface area contributed by atoms with E-state index in [1.54, 1.807) is 4.90 Å². The number of piperidine rings is 1. The van der Waals surface area contributed by atoms with E-state index in [2.05, 4.69) is 14.8 Å². The topological polar surface area (TPSA) is 123 Å². The first-order valence-electron chi connectivity index (χ1n) is 6.74. The number of anilines is 1. The Morgan fingerprint density at radius 2 is 2.29 bits per heavy atom. The van der Waals surface area contributed by atoms with E-state index in [1.165, 1.54) is 11.0 Å². The summed E-state index contributed by atoms with van der Waals surface area (Å²) in [6.45, 7) is 0.919. The summed E-state index contributed by atoms with van der Waals surface area (Å²) < 4.78 is 26.2. The molecule has 1 amide bonds. The van der Waals surface area contributed by atoms with Crippen LogP contribution in [0.15, 0.2) is 6.33 Å².